The summed E-state index contributed by atoms with van der Waals surface area (Å²) in [5.74, 6) is -1.29. The van der Waals surface area contributed by atoms with Crippen LogP contribution in [-0.4, -0.2) is 40.0 Å². The van der Waals surface area contributed by atoms with Gasteiger partial charge in [0, 0.05) is 24.8 Å². The average molecular weight is 573 g/mol. The van der Waals surface area contributed by atoms with E-state index in [9.17, 15) is 22.0 Å². The number of alkyl halides is 3. The van der Waals surface area contributed by atoms with Crippen LogP contribution in [0.4, 0.5) is 22.0 Å². The Labute approximate surface area is 229 Å². The highest BCUT2D eigenvalue weighted by Gasteiger charge is 2.35. The molecule has 5 aromatic rings. The maximum atomic E-state index is 14.2. The summed E-state index contributed by atoms with van der Waals surface area (Å²) in [6.07, 6.45) is -0.0491. The lowest BCUT2D eigenvalue weighted by atomic mass is 10.0. The van der Waals surface area contributed by atoms with Crippen LogP contribution >= 0.6 is 0 Å². The fraction of sp³-hybridized carbons (Fsp3) is 0.286. The smallest absolute Gasteiger partial charge is 0.417 e. The molecule has 0 radical (unpaired) electrons. The number of fused-ring (bicyclic) bond motifs is 1. The fourth-order valence-electron chi connectivity index (χ4n) is 4.68. The molecule has 0 unspecified atom stereocenters. The van der Waals surface area contributed by atoms with Crippen molar-refractivity contribution in [3.63, 3.8) is 0 Å². The Morgan fingerprint density at radius 3 is 2.68 bits per heavy atom. The van der Waals surface area contributed by atoms with E-state index < -0.39 is 23.4 Å². The summed E-state index contributed by atoms with van der Waals surface area (Å²) >= 11 is 0. The quantitative estimate of drug-likeness (QED) is 0.198. The number of rotatable bonds is 7. The summed E-state index contributed by atoms with van der Waals surface area (Å²) in [6, 6.07) is 8.97. The van der Waals surface area contributed by atoms with Crippen molar-refractivity contribution in [3.05, 3.63) is 77.8 Å². The first kappa shape index (κ1) is 26.8. The number of halogens is 5. The van der Waals surface area contributed by atoms with Crippen molar-refractivity contribution in [2.75, 3.05) is 19.8 Å². The zero-order valence-electron chi connectivity index (χ0n) is 21.4. The van der Waals surface area contributed by atoms with E-state index in [4.69, 9.17) is 14.0 Å². The Kier molecular flexibility index (Phi) is 7.12. The number of aromatic amines is 1. The Hall–Kier alpha value is -4.39. The van der Waals surface area contributed by atoms with Crippen molar-refractivity contribution in [1.29, 1.82) is 0 Å². The van der Waals surface area contributed by atoms with Crippen LogP contribution in [0.2, 0.25) is 0 Å². The van der Waals surface area contributed by atoms with Gasteiger partial charge in [-0.1, -0.05) is 15.9 Å². The van der Waals surface area contributed by atoms with Crippen LogP contribution in [0.1, 0.15) is 24.2 Å². The maximum Gasteiger partial charge on any atom is 0.417 e. The van der Waals surface area contributed by atoms with Crippen LogP contribution in [0.25, 0.3) is 33.7 Å². The topological polar surface area (TPSA) is 89.9 Å². The number of H-pyrrole nitrogens is 1. The Balaban J connectivity index is 1.21. The minimum atomic E-state index is -4.65. The monoisotopic (exact) mass is 572 g/mol. The van der Waals surface area contributed by atoms with Gasteiger partial charge in [-0.05, 0) is 54.2 Å². The zero-order valence-corrected chi connectivity index (χ0v) is 21.4. The lowest BCUT2D eigenvalue weighted by Gasteiger charge is -2.22. The van der Waals surface area contributed by atoms with E-state index in [-0.39, 0.29) is 46.6 Å². The molecular formula is C28H23F5N5O3+. The van der Waals surface area contributed by atoms with Gasteiger partial charge < -0.3 is 19.0 Å². The molecule has 3 aromatic heterocycles. The summed E-state index contributed by atoms with van der Waals surface area (Å²) in [5.41, 5.74) is -0.164. The number of ether oxygens (including phenoxy) is 2. The molecule has 212 valence electrons. The second-order valence-corrected chi connectivity index (χ2v) is 9.71. The molecule has 1 saturated heterocycles. The molecule has 1 N–H and O–H groups in total. The van der Waals surface area contributed by atoms with Gasteiger partial charge in [0.1, 0.15) is 34.5 Å². The highest BCUT2D eigenvalue weighted by Crippen LogP contribution is 2.39. The molecule has 0 atom stereocenters. The largest absolute Gasteiger partial charge is 0.493 e. The van der Waals surface area contributed by atoms with Crippen molar-refractivity contribution in [1.82, 2.24) is 20.2 Å². The lowest BCUT2D eigenvalue weighted by molar-refractivity contribution is -0.746. The van der Waals surface area contributed by atoms with Gasteiger partial charge in [-0.15, -0.1) is 0 Å². The van der Waals surface area contributed by atoms with Crippen LogP contribution < -0.4 is 9.42 Å². The van der Waals surface area contributed by atoms with E-state index >= 15 is 0 Å². The van der Waals surface area contributed by atoms with Crippen LogP contribution in [0.15, 0.2) is 59.4 Å². The number of aromatic nitrogens is 5. The molecule has 0 saturated carbocycles. The molecule has 4 heterocycles. The van der Waals surface area contributed by atoms with Gasteiger partial charge in [0.15, 0.2) is 11.6 Å². The first-order chi connectivity index (χ1) is 19.7. The summed E-state index contributed by atoms with van der Waals surface area (Å²) in [7, 11) is 0. The average Bonchev–Trinajstić information content (AvgIpc) is 3.60. The molecule has 41 heavy (non-hydrogen) atoms. The molecule has 1 aliphatic rings. The van der Waals surface area contributed by atoms with Crippen molar-refractivity contribution in [3.8, 4) is 28.4 Å². The van der Waals surface area contributed by atoms with E-state index in [1.54, 1.807) is 6.20 Å². The number of benzene rings is 2. The summed E-state index contributed by atoms with van der Waals surface area (Å²) < 4.78 is 87.6. The molecule has 13 heteroatoms. The lowest BCUT2D eigenvalue weighted by Crippen LogP contribution is -2.37. The highest BCUT2D eigenvalue weighted by atomic mass is 19.4. The first-order valence-corrected chi connectivity index (χ1v) is 12.8. The van der Waals surface area contributed by atoms with E-state index in [1.165, 1.54) is 41.2 Å². The third-order valence-electron chi connectivity index (χ3n) is 6.85. The Morgan fingerprint density at radius 1 is 1.05 bits per heavy atom. The predicted molar refractivity (Wildman–Crippen MR) is 135 cm³/mol. The number of imidazole rings is 1. The van der Waals surface area contributed by atoms with Gasteiger partial charge in [-0.3, -0.25) is 0 Å². The fourth-order valence-corrected chi connectivity index (χ4v) is 4.68. The maximum absolute atomic E-state index is 14.2. The summed E-state index contributed by atoms with van der Waals surface area (Å²) in [5, 5.41) is 8.09. The second-order valence-electron chi connectivity index (χ2n) is 9.71. The molecule has 6 rings (SSSR count). The molecule has 0 aliphatic carbocycles. The molecule has 0 amide bonds. The van der Waals surface area contributed by atoms with Gasteiger partial charge in [-0.25, -0.2) is 13.8 Å². The SMILES string of the molecule is Fc1cccc(-c2nc3cn[n+](Cc4cc(-c5ccc(OCC6CCOCC6)cc5C(F)(F)F)no4)cc3[nH]2)c1F. The van der Waals surface area contributed by atoms with Crippen molar-refractivity contribution < 1.29 is 40.6 Å². The van der Waals surface area contributed by atoms with Crippen molar-refractivity contribution >= 4 is 11.0 Å². The molecular weight excluding hydrogens is 549 g/mol. The third kappa shape index (κ3) is 5.75. The van der Waals surface area contributed by atoms with Gasteiger partial charge in [0.05, 0.1) is 17.7 Å². The van der Waals surface area contributed by atoms with Crippen LogP contribution in [0.5, 0.6) is 5.75 Å². The predicted octanol–water partition coefficient (Wildman–Crippen LogP) is 5.72. The van der Waals surface area contributed by atoms with Gasteiger partial charge in [0.25, 0.3) is 0 Å². The van der Waals surface area contributed by atoms with Gasteiger partial charge in [-0.2, -0.15) is 13.2 Å². The first-order valence-electron chi connectivity index (χ1n) is 12.8. The second kappa shape index (κ2) is 10.9. The Bertz CT molecular complexity index is 1690. The van der Waals surface area contributed by atoms with Gasteiger partial charge >= 0.3 is 6.18 Å². The normalized spacial score (nSPS) is 14.6. The van der Waals surface area contributed by atoms with Crippen molar-refractivity contribution in [2.24, 2.45) is 5.92 Å². The molecule has 8 nitrogen and oxygen atoms in total. The number of hydrogen-bond acceptors (Lipinski definition) is 6. The van der Waals surface area contributed by atoms with E-state index in [1.807, 2.05) is 0 Å². The number of hydrogen-bond donors (Lipinski definition) is 1. The van der Waals surface area contributed by atoms with Crippen LogP contribution in [0, 0.1) is 17.6 Å². The van der Waals surface area contributed by atoms with Crippen LogP contribution in [-0.2, 0) is 17.5 Å². The van der Waals surface area contributed by atoms with Crippen molar-refractivity contribution in [2.45, 2.75) is 25.6 Å². The summed E-state index contributed by atoms with van der Waals surface area (Å²) in [4.78, 5) is 7.19. The molecule has 1 aliphatic heterocycles. The minimum Gasteiger partial charge on any atom is -0.493 e. The summed E-state index contributed by atoms with van der Waals surface area (Å²) in [6.45, 7) is 1.60. The van der Waals surface area contributed by atoms with Crippen LogP contribution in [0.3, 0.4) is 0 Å². The Morgan fingerprint density at radius 2 is 1.88 bits per heavy atom. The van der Waals surface area contributed by atoms with E-state index in [2.05, 4.69) is 20.2 Å². The minimum absolute atomic E-state index is 0.00962. The number of nitrogens with zero attached hydrogens (tertiary/aromatic N) is 4. The third-order valence-corrected chi connectivity index (χ3v) is 6.85. The number of nitrogens with one attached hydrogen (secondary N) is 1. The molecule has 0 spiro atoms. The molecule has 1 fully saturated rings. The zero-order chi connectivity index (χ0) is 28.6. The van der Waals surface area contributed by atoms with E-state index in [0.717, 1.165) is 25.0 Å². The molecule has 0 bridgehead atoms. The standard InChI is InChI=1S/C28H22F5N5O3/c29-22-3-1-2-20(26(22)30)27-35-24-12-34-38(14-25(24)36-27)13-18-11-23(37-41-18)19-5-4-17(10-21(19)28(31,32)33)40-15-16-6-8-39-9-7-16/h1-5,10-12,14,16H,6-9,13,15H2/p+1. The van der Waals surface area contributed by atoms with Gasteiger partial charge in [0.2, 0.25) is 18.5 Å². The van der Waals surface area contributed by atoms with E-state index in [0.29, 0.717) is 30.9 Å². The highest BCUT2D eigenvalue weighted by molar-refractivity contribution is 5.77. The molecule has 2 aromatic carbocycles.